The van der Waals surface area contributed by atoms with Gasteiger partial charge in [0.15, 0.2) is 0 Å². The molecule has 0 aliphatic rings. The first kappa shape index (κ1) is 15.6. The van der Waals surface area contributed by atoms with Gasteiger partial charge in [-0.2, -0.15) is 0 Å². The van der Waals surface area contributed by atoms with Crippen LogP contribution in [0.25, 0.3) is 20.7 Å². The number of nitrogens with one attached hydrogen (secondary N) is 1. The Morgan fingerprint density at radius 2 is 1.76 bits per heavy atom. The van der Waals surface area contributed by atoms with E-state index in [4.69, 9.17) is 0 Å². The van der Waals surface area contributed by atoms with E-state index in [0.717, 1.165) is 33.1 Å². The van der Waals surface area contributed by atoms with Crippen LogP contribution in [0.4, 0.5) is 11.5 Å². The second-order valence-corrected chi connectivity index (χ2v) is 6.97. The lowest BCUT2D eigenvalue weighted by molar-refractivity contribution is 0.475. The molecule has 4 rings (SSSR count). The van der Waals surface area contributed by atoms with E-state index in [2.05, 4.69) is 33.5 Å². The molecule has 0 atom stereocenters. The molecule has 2 aromatic carbocycles. The van der Waals surface area contributed by atoms with Gasteiger partial charge in [-0.1, -0.05) is 30.3 Å². The van der Waals surface area contributed by atoms with Gasteiger partial charge in [0.1, 0.15) is 22.2 Å². The number of phenols is 1. The van der Waals surface area contributed by atoms with Crippen LogP contribution in [0.2, 0.25) is 0 Å². The van der Waals surface area contributed by atoms with E-state index < -0.39 is 0 Å². The van der Waals surface area contributed by atoms with Gasteiger partial charge in [-0.15, -0.1) is 11.3 Å². The number of fused-ring (bicyclic) bond motifs is 1. The highest BCUT2D eigenvalue weighted by atomic mass is 32.1. The summed E-state index contributed by atoms with van der Waals surface area (Å²) in [6.07, 6.45) is 0. The Morgan fingerprint density at radius 1 is 0.960 bits per heavy atom. The average Bonchev–Trinajstić information content (AvgIpc) is 3.02. The van der Waals surface area contributed by atoms with E-state index in [1.807, 2.05) is 38.1 Å². The van der Waals surface area contributed by atoms with Crippen molar-refractivity contribution in [1.82, 2.24) is 9.97 Å². The van der Waals surface area contributed by atoms with Gasteiger partial charge in [-0.3, -0.25) is 0 Å². The molecule has 0 amide bonds. The number of rotatable bonds is 3. The minimum absolute atomic E-state index is 0.258. The summed E-state index contributed by atoms with van der Waals surface area (Å²) < 4.78 is 0. The van der Waals surface area contributed by atoms with Crippen molar-refractivity contribution in [2.45, 2.75) is 13.8 Å². The van der Waals surface area contributed by atoms with Crippen LogP contribution >= 0.6 is 11.3 Å². The first-order chi connectivity index (χ1) is 12.1. The Labute approximate surface area is 149 Å². The minimum Gasteiger partial charge on any atom is -0.508 e. The maximum absolute atomic E-state index is 9.60. The van der Waals surface area contributed by atoms with Crippen LogP contribution in [0, 0.1) is 13.8 Å². The van der Waals surface area contributed by atoms with Crippen molar-refractivity contribution in [3.05, 3.63) is 66.0 Å². The van der Waals surface area contributed by atoms with E-state index in [0.29, 0.717) is 0 Å². The number of hydrogen-bond donors (Lipinski definition) is 2. The Morgan fingerprint density at radius 3 is 2.52 bits per heavy atom. The zero-order chi connectivity index (χ0) is 17.4. The molecular formula is C20H17N3OS. The second kappa shape index (κ2) is 6.18. The normalized spacial score (nSPS) is 11.0. The monoisotopic (exact) mass is 347 g/mol. The zero-order valence-electron chi connectivity index (χ0n) is 13.9. The summed E-state index contributed by atoms with van der Waals surface area (Å²) in [5.74, 6) is 1.77. The number of nitrogens with zero attached hydrogens (tertiary/aromatic N) is 2. The SMILES string of the molecule is Cc1nc(Nc2ccc(O)cc2C)c2cc(-c3ccccc3)sc2n1. The molecule has 0 bridgehead atoms. The molecule has 0 saturated heterocycles. The lowest BCUT2D eigenvalue weighted by Gasteiger charge is -2.10. The smallest absolute Gasteiger partial charge is 0.142 e. The summed E-state index contributed by atoms with van der Waals surface area (Å²) in [5.41, 5.74) is 3.06. The van der Waals surface area contributed by atoms with Gasteiger partial charge >= 0.3 is 0 Å². The van der Waals surface area contributed by atoms with Crippen molar-refractivity contribution in [3.8, 4) is 16.2 Å². The fourth-order valence-corrected chi connectivity index (χ4v) is 3.87. The molecule has 0 aliphatic carbocycles. The number of aromatic hydroxyl groups is 1. The minimum atomic E-state index is 0.258. The number of aryl methyl sites for hydroxylation is 2. The number of aromatic nitrogens is 2. The van der Waals surface area contributed by atoms with Crippen molar-refractivity contribution < 1.29 is 5.11 Å². The van der Waals surface area contributed by atoms with Crippen LogP contribution < -0.4 is 5.32 Å². The zero-order valence-corrected chi connectivity index (χ0v) is 14.8. The van der Waals surface area contributed by atoms with Crippen LogP contribution in [0.3, 0.4) is 0 Å². The van der Waals surface area contributed by atoms with E-state index in [1.54, 1.807) is 23.5 Å². The Balaban J connectivity index is 1.82. The molecule has 2 heterocycles. The van der Waals surface area contributed by atoms with E-state index in [-0.39, 0.29) is 5.75 Å². The fraction of sp³-hybridized carbons (Fsp3) is 0.100. The highest BCUT2D eigenvalue weighted by molar-refractivity contribution is 7.21. The first-order valence-corrected chi connectivity index (χ1v) is 8.82. The van der Waals surface area contributed by atoms with Gasteiger partial charge in [-0.05, 0) is 49.2 Å². The van der Waals surface area contributed by atoms with Crippen molar-refractivity contribution in [3.63, 3.8) is 0 Å². The summed E-state index contributed by atoms with van der Waals surface area (Å²) >= 11 is 1.66. The lowest BCUT2D eigenvalue weighted by atomic mass is 10.1. The molecule has 124 valence electrons. The van der Waals surface area contributed by atoms with Crippen LogP contribution in [0.15, 0.2) is 54.6 Å². The number of thiophene rings is 1. The van der Waals surface area contributed by atoms with Gasteiger partial charge < -0.3 is 10.4 Å². The third kappa shape index (κ3) is 3.06. The molecule has 0 unspecified atom stereocenters. The molecule has 25 heavy (non-hydrogen) atoms. The fourth-order valence-electron chi connectivity index (χ4n) is 2.78. The molecule has 0 radical (unpaired) electrons. The molecular weight excluding hydrogens is 330 g/mol. The summed E-state index contributed by atoms with van der Waals surface area (Å²) in [5, 5.41) is 14.0. The van der Waals surface area contributed by atoms with Crippen LogP contribution in [-0.4, -0.2) is 15.1 Å². The Bertz CT molecular complexity index is 1060. The Hall–Kier alpha value is -2.92. The van der Waals surface area contributed by atoms with Crippen molar-refractivity contribution in [2.24, 2.45) is 0 Å². The average molecular weight is 347 g/mol. The number of hydrogen-bond acceptors (Lipinski definition) is 5. The third-order valence-electron chi connectivity index (χ3n) is 4.03. The van der Waals surface area contributed by atoms with E-state index in [1.165, 1.54) is 10.4 Å². The summed E-state index contributed by atoms with van der Waals surface area (Å²) in [4.78, 5) is 11.3. The molecule has 4 aromatic rings. The maximum Gasteiger partial charge on any atom is 0.142 e. The standard InChI is InChI=1S/C20H17N3OS/c1-12-10-15(24)8-9-17(12)23-19-16-11-18(14-6-4-3-5-7-14)25-20(16)22-13(2)21-19/h3-11,24H,1-2H3,(H,21,22,23). The molecule has 0 saturated carbocycles. The van der Waals surface area contributed by atoms with Crippen LogP contribution in [-0.2, 0) is 0 Å². The van der Waals surface area contributed by atoms with Gasteiger partial charge in [0.05, 0.1) is 5.39 Å². The molecule has 0 aliphatic heterocycles. The Kier molecular flexibility index (Phi) is 3.86. The van der Waals surface area contributed by atoms with Crippen LogP contribution in [0.1, 0.15) is 11.4 Å². The topological polar surface area (TPSA) is 58.0 Å². The molecule has 2 aromatic heterocycles. The van der Waals surface area contributed by atoms with E-state index in [9.17, 15) is 5.11 Å². The van der Waals surface area contributed by atoms with Crippen molar-refractivity contribution in [2.75, 3.05) is 5.32 Å². The molecule has 4 nitrogen and oxygen atoms in total. The number of benzene rings is 2. The molecule has 0 spiro atoms. The van der Waals surface area contributed by atoms with Gasteiger partial charge in [0, 0.05) is 10.6 Å². The number of phenolic OH excluding ortho intramolecular Hbond substituents is 1. The van der Waals surface area contributed by atoms with Gasteiger partial charge in [-0.25, -0.2) is 9.97 Å². The van der Waals surface area contributed by atoms with Crippen molar-refractivity contribution >= 4 is 33.1 Å². The first-order valence-electron chi connectivity index (χ1n) is 8.00. The van der Waals surface area contributed by atoms with Gasteiger partial charge in [0.25, 0.3) is 0 Å². The molecule has 2 N–H and O–H groups in total. The third-order valence-corrected chi connectivity index (χ3v) is 5.10. The summed E-state index contributed by atoms with van der Waals surface area (Å²) in [6, 6.07) is 17.7. The maximum atomic E-state index is 9.60. The lowest BCUT2D eigenvalue weighted by Crippen LogP contribution is -1.98. The van der Waals surface area contributed by atoms with Crippen molar-refractivity contribution in [1.29, 1.82) is 0 Å². The summed E-state index contributed by atoms with van der Waals surface area (Å²) in [7, 11) is 0. The molecule has 5 heteroatoms. The quantitative estimate of drug-likeness (QED) is 0.486. The van der Waals surface area contributed by atoms with Crippen LogP contribution in [0.5, 0.6) is 5.75 Å². The largest absolute Gasteiger partial charge is 0.508 e. The highest BCUT2D eigenvalue weighted by Crippen LogP contribution is 2.36. The summed E-state index contributed by atoms with van der Waals surface area (Å²) in [6.45, 7) is 3.85. The predicted octanol–water partition coefficient (Wildman–Crippen LogP) is 5.42. The second-order valence-electron chi connectivity index (χ2n) is 5.94. The van der Waals surface area contributed by atoms with Gasteiger partial charge in [0.2, 0.25) is 0 Å². The highest BCUT2D eigenvalue weighted by Gasteiger charge is 2.12. The number of anilines is 2. The predicted molar refractivity (Wildman–Crippen MR) is 104 cm³/mol. The molecule has 0 fully saturated rings. The van der Waals surface area contributed by atoms with E-state index >= 15 is 0 Å².